The van der Waals surface area contributed by atoms with Gasteiger partial charge in [-0.05, 0) is 66.0 Å². The molecule has 4 heteroatoms. The molecule has 118 valence electrons. The number of nitrogens with zero attached hydrogens (tertiary/aromatic N) is 1. The lowest BCUT2D eigenvalue weighted by atomic mass is 9.89. The van der Waals surface area contributed by atoms with Crippen molar-refractivity contribution in [3.63, 3.8) is 0 Å². The van der Waals surface area contributed by atoms with E-state index < -0.39 is 0 Å². The molecule has 0 radical (unpaired) electrons. The lowest BCUT2D eigenvalue weighted by Crippen LogP contribution is -2.37. The highest BCUT2D eigenvalue weighted by atomic mass is 79.9. The molecule has 2 rings (SSSR count). The first-order valence-corrected chi connectivity index (χ1v) is 9.04. The van der Waals surface area contributed by atoms with E-state index in [1.54, 1.807) is 0 Å². The minimum atomic E-state index is 0.448. The first-order chi connectivity index (χ1) is 9.99. The van der Waals surface area contributed by atoms with E-state index in [4.69, 9.17) is 11.6 Å². The SMILES string of the molecule is CC(C)NCC1CCCCN(C)C1c1ccc(Br)c(Cl)c1. The number of benzene rings is 1. The van der Waals surface area contributed by atoms with Gasteiger partial charge < -0.3 is 5.32 Å². The first kappa shape index (κ1) is 17.3. The van der Waals surface area contributed by atoms with Gasteiger partial charge in [-0.15, -0.1) is 0 Å². The van der Waals surface area contributed by atoms with Crippen LogP contribution in [0.5, 0.6) is 0 Å². The number of hydrogen-bond donors (Lipinski definition) is 1. The molecular formula is C17H26BrClN2. The smallest absolute Gasteiger partial charge is 0.0551 e. The number of halogens is 2. The summed E-state index contributed by atoms with van der Waals surface area (Å²) in [4.78, 5) is 2.50. The predicted octanol–water partition coefficient (Wildman–Crippen LogP) is 4.87. The molecule has 1 N–H and O–H groups in total. The molecule has 0 saturated carbocycles. The van der Waals surface area contributed by atoms with Crippen LogP contribution in [0.2, 0.25) is 5.02 Å². The highest BCUT2D eigenvalue weighted by molar-refractivity contribution is 9.10. The second-order valence-corrected chi connectivity index (χ2v) is 7.68. The minimum absolute atomic E-state index is 0.448. The van der Waals surface area contributed by atoms with Gasteiger partial charge in [-0.1, -0.05) is 37.9 Å². The number of rotatable bonds is 4. The van der Waals surface area contributed by atoms with Crippen LogP contribution in [0.15, 0.2) is 22.7 Å². The van der Waals surface area contributed by atoms with Crippen LogP contribution in [0.4, 0.5) is 0 Å². The van der Waals surface area contributed by atoms with Gasteiger partial charge in [0.05, 0.1) is 5.02 Å². The van der Waals surface area contributed by atoms with Crippen LogP contribution in [0.3, 0.4) is 0 Å². The molecule has 0 aromatic heterocycles. The Labute approximate surface area is 142 Å². The Morgan fingerprint density at radius 1 is 1.38 bits per heavy atom. The largest absolute Gasteiger partial charge is 0.314 e. The van der Waals surface area contributed by atoms with E-state index in [9.17, 15) is 0 Å². The summed E-state index contributed by atoms with van der Waals surface area (Å²) in [5.41, 5.74) is 1.34. The second kappa shape index (κ2) is 7.96. The maximum atomic E-state index is 6.32. The Kier molecular flexibility index (Phi) is 6.54. The maximum Gasteiger partial charge on any atom is 0.0551 e. The van der Waals surface area contributed by atoms with Crippen LogP contribution in [0.1, 0.15) is 44.7 Å². The first-order valence-electron chi connectivity index (χ1n) is 7.87. The van der Waals surface area contributed by atoms with E-state index in [2.05, 4.69) is 65.2 Å². The summed E-state index contributed by atoms with van der Waals surface area (Å²) in [5, 5.41) is 4.43. The van der Waals surface area contributed by atoms with Crippen molar-refractivity contribution in [2.45, 2.75) is 45.2 Å². The highest BCUT2D eigenvalue weighted by Gasteiger charge is 2.29. The number of nitrogens with one attached hydrogen (secondary N) is 1. The summed E-state index contributed by atoms with van der Waals surface area (Å²) in [6.07, 6.45) is 3.88. The van der Waals surface area contributed by atoms with Crippen molar-refractivity contribution >= 4 is 27.5 Å². The topological polar surface area (TPSA) is 15.3 Å². The maximum absolute atomic E-state index is 6.32. The predicted molar refractivity (Wildman–Crippen MR) is 95.0 cm³/mol. The molecule has 1 saturated heterocycles. The summed E-state index contributed by atoms with van der Waals surface area (Å²) >= 11 is 9.81. The van der Waals surface area contributed by atoms with Crippen molar-refractivity contribution in [2.75, 3.05) is 20.1 Å². The van der Waals surface area contributed by atoms with E-state index in [1.165, 1.54) is 24.8 Å². The summed E-state index contributed by atoms with van der Waals surface area (Å²) in [5.74, 6) is 0.636. The normalized spacial score (nSPS) is 24.3. The van der Waals surface area contributed by atoms with Gasteiger partial charge in [0, 0.05) is 23.1 Å². The molecule has 21 heavy (non-hydrogen) atoms. The molecule has 2 nitrogen and oxygen atoms in total. The molecule has 0 amide bonds. The third-order valence-electron chi connectivity index (χ3n) is 4.33. The Morgan fingerprint density at radius 3 is 2.81 bits per heavy atom. The molecule has 1 fully saturated rings. The van der Waals surface area contributed by atoms with E-state index in [-0.39, 0.29) is 0 Å². The molecular weight excluding hydrogens is 348 g/mol. The third-order valence-corrected chi connectivity index (χ3v) is 5.56. The third kappa shape index (κ3) is 4.69. The van der Waals surface area contributed by atoms with E-state index in [1.807, 2.05) is 0 Å². The molecule has 0 bridgehead atoms. The van der Waals surface area contributed by atoms with E-state index >= 15 is 0 Å². The summed E-state index contributed by atoms with van der Waals surface area (Å²) in [6.45, 7) is 6.66. The molecule has 1 aromatic carbocycles. The fraction of sp³-hybridized carbons (Fsp3) is 0.647. The molecule has 1 heterocycles. The fourth-order valence-corrected chi connectivity index (χ4v) is 3.68. The van der Waals surface area contributed by atoms with Crippen molar-refractivity contribution in [1.29, 1.82) is 0 Å². The Bertz CT molecular complexity index is 464. The highest BCUT2D eigenvalue weighted by Crippen LogP contribution is 2.36. The molecule has 2 unspecified atom stereocenters. The van der Waals surface area contributed by atoms with Crippen LogP contribution >= 0.6 is 27.5 Å². The molecule has 2 atom stereocenters. The van der Waals surface area contributed by atoms with Crippen molar-refractivity contribution in [2.24, 2.45) is 5.92 Å². The van der Waals surface area contributed by atoms with Gasteiger partial charge >= 0.3 is 0 Å². The average Bonchev–Trinajstić information content (AvgIpc) is 2.61. The van der Waals surface area contributed by atoms with Crippen LogP contribution < -0.4 is 5.32 Å². The fourth-order valence-electron chi connectivity index (χ4n) is 3.25. The van der Waals surface area contributed by atoms with Crippen LogP contribution in [0.25, 0.3) is 0 Å². The van der Waals surface area contributed by atoms with Crippen LogP contribution in [0, 0.1) is 5.92 Å². The van der Waals surface area contributed by atoms with E-state index in [0.717, 1.165) is 22.6 Å². The summed E-state index contributed by atoms with van der Waals surface area (Å²) < 4.78 is 0.973. The minimum Gasteiger partial charge on any atom is -0.314 e. The number of likely N-dealkylation sites (tertiary alicyclic amines) is 1. The lowest BCUT2D eigenvalue weighted by molar-refractivity contribution is 0.187. The number of hydrogen-bond acceptors (Lipinski definition) is 2. The Morgan fingerprint density at radius 2 is 2.14 bits per heavy atom. The van der Waals surface area contributed by atoms with Gasteiger partial charge in [-0.3, -0.25) is 4.90 Å². The van der Waals surface area contributed by atoms with Gasteiger partial charge in [0.15, 0.2) is 0 Å². The van der Waals surface area contributed by atoms with Crippen LogP contribution in [-0.4, -0.2) is 31.1 Å². The van der Waals surface area contributed by atoms with Gasteiger partial charge in [-0.25, -0.2) is 0 Å². The van der Waals surface area contributed by atoms with E-state index in [0.29, 0.717) is 18.0 Å². The summed E-state index contributed by atoms with van der Waals surface area (Å²) in [6, 6.07) is 7.39. The Hall–Kier alpha value is -0.0900. The quantitative estimate of drug-likeness (QED) is 0.809. The lowest BCUT2D eigenvalue weighted by Gasteiger charge is -2.33. The van der Waals surface area contributed by atoms with Crippen molar-refractivity contribution < 1.29 is 0 Å². The van der Waals surface area contributed by atoms with Crippen molar-refractivity contribution in [1.82, 2.24) is 10.2 Å². The zero-order chi connectivity index (χ0) is 15.4. The molecule has 0 spiro atoms. The van der Waals surface area contributed by atoms with Crippen molar-refractivity contribution in [3.8, 4) is 0 Å². The van der Waals surface area contributed by atoms with Gasteiger partial charge in [0.1, 0.15) is 0 Å². The van der Waals surface area contributed by atoms with Crippen LogP contribution in [-0.2, 0) is 0 Å². The van der Waals surface area contributed by atoms with Crippen molar-refractivity contribution in [3.05, 3.63) is 33.3 Å². The zero-order valence-electron chi connectivity index (χ0n) is 13.2. The van der Waals surface area contributed by atoms with Gasteiger partial charge in [0.25, 0.3) is 0 Å². The van der Waals surface area contributed by atoms with Gasteiger partial charge in [0.2, 0.25) is 0 Å². The standard InChI is InChI=1S/C17H26BrClN2/c1-12(2)20-11-14-6-4-5-9-21(3)17(14)13-7-8-15(18)16(19)10-13/h7-8,10,12,14,17,20H,4-6,9,11H2,1-3H3. The molecule has 0 aliphatic carbocycles. The molecule has 1 aliphatic rings. The molecule has 1 aliphatic heterocycles. The monoisotopic (exact) mass is 372 g/mol. The summed E-state index contributed by atoms with van der Waals surface area (Å²) in [7, 11) is 2.24. The average molecular weight is 374 g/mol. The Balaban J connectivity index is 2.25. The molecule has 1 aromatic rings. The second-order valence-electron chi connectivity index (χ2n) is 6.42. The van der Waals surface area contributed by atoms with Gasteiger partial charge in [-0.2, -0.15) is 0 Å². The zero-order valence-corrected chi connectivity index (χ0v) is 15.5.